The smallest absolute Gasteiger partial charge is 0.241 e. The SMILES string of the molecule is Cc1ccccc1-c1noc(CN2CCC[C@H]2c2cccs2)n1. The highest BCUT2D eigenvalue weighted by molar-refractivity contribution is 7.10. The van der Waals surface area contributed by atoms with Gasteiger partial charge in [0.25, 0.3) is 0 Å². The number of likely N-dealkylation sites (tertiary alicyclic amines) is 1. The van der Waals surface area contributed by atoms with E-state index in [4.69, 9.17) is 4.52 Å². The van der Waals surface area contributed by atoms with E-state index in [1.54, 1.807) is 0 Å². The first-order valence-corrected chi connectivity index (χ1v) is 8.85. The summed E-state index contributed by atoms with van der Waals surface area (Å²) in [5.41, 5.74) is 2.20. The van der Waals surface area contributed by atoms with E-state index in [0.29, 0.717) is 17.8 Å². The number of aromatic nitrogens is 2. The Morgan fingerprint density at radius 2 is 2.17 bits per heavy atom. The van der Waals surface area contributed by atoms with Gasteiger partial charge in [0, 0.05) is 16.5 Å². The average Bonchev–Trinajstić information content (AvgIpc) is 3.29. The summed E-state index contributed by atoms with van der Waals surface area (Å²) in [5, 5.41) is 6.31. The molecular formula is C18H19N3OS. The summed E-state index contributed by atoms with van der Waals surface area (Å²) in [5.74, 6) is 1.39. The van der Waals surface area contributed by atoms with Gasteiger partial charge < -0.3 is 4.52 Å². The number of nitrogens with zero attached hydrogens (tertiary/aromatic N) is 3. The van der Waals surface area contributed by atoms with Crippen LogP contribution in [0.2, 0.25) is 0 Å². The Kier molecular flexibility index (Phi) is 3.97. The number of thiophene rings is 1. The Morgan fingerprint density at radius 3 is 3.00 bits per heavy atom. The molecule has 0 N–H and O–H groups in total. The molecule has 0 amide bonds. The first-order valence-electron chi connectivity index (χ1n) is 7.97. The lowest BCUT2D eigenvalue weighted by atomic mass is 10.1. The van der Waals surface area contributed by atoms with Gasteiger partial charge in [-0.25, -0.2) is 0 Å². The highest BCUT2D eigenvalue weighted by Crippen LogP contribution is 2.35. The predicted molar refractivity (Wildman–Crippen MR) is 91.2 cm³/mol. The Morgan fingerprint density at radius 1 is 1.26 bits per heavy atom. The number of hydrogen-bond acceptors (Lipinski definition) is 5. The molecule has 2 aromatic heterocycles. The number of aryl methyl sites for hydroxylation is 1. The van der Waals surface area contributed by atoms with Crippen molar-refractivity contribution in [2.24, 2.45) is 0 Å². The molecule has 0 spiro atoms. The van der Waals surface area contributed by atoms with E-state index in [-0.39, 0.29) is 0 Å². The van der Waals surface area contributed by atoms with E-state index in [0.717, 1.165) is 24.2 Å². The van der Waals surface area contributed by atoms with Crippen LogP contribution in [0.15, 0.2) is 46.3 Å². The molecule has 1 aliphatic heterocycles. The van der Waals surface area contributed by atoms with Crippen molar-refractivity contribution in [1.29, 1.82) is 0 Å². The summed E-state index contributed by atoms with van der Waals surface area (Å²) in [6, 6.07) is 13.0. The molecule has 118 valence electrons. The molecule has 4 nitrogen and oxygen atoms in total. The van der Waals surface area contributed by atoms with Crippen LogP contribution in [0.25, 0.3) is 11.4 Å². The fourth-order valence-corrected chi connectivity index (χ4v) is 4.14. The second kappa shape index (κ2) is 6.26. The maximum Gasteiger partial charge on any atom is 0.241 e. The molecule has 0 saturated carbocycles. The molecule has 23 heavy (non-hydrogen) atoms. The highest BCUT2D eigenvalue weighted by Gasteiger charge is 2.28. The van der Waals surface area contributed by atoms with E-state index >= 15 is 0 Å². The largest absolute Gasteiger partial charge is 0.338 e. The lowest BCUT2D eigenvalue weighted by Gasteiger charge is -2.21. The number of rotatable bonds is 4. The lowest BCUT2D eigenvalue weighted by molar-refractivity contribution is 0.214. The normalized spacial score (nSPS) is 18.6. The minimum absolute atomic E-state index is 0.490. The van der Waals surface area contributed by atoms with Crippen LogP contribution in [0.3, 0.4) is 0 Å². The van der Waals surface area contributed by atoms with Gasteiger partial charge in [-0.05, 0) is 43.3 Å². The van der Waals surface area contributed by atoms with Crippen molar-refractivity contribution in [3.63, 3.8) is 0 Å². The van der Waals surface area contributed by atoms with Gasteiger partial charge in [-0.15, -0.1) is 11.3 Å². The summed E-state index contributed by atoms with van der Waals surface area (Å²) in [4.78, 5) is 8.48. The first kappa shape index (κ1) is 14.6. The van der Waals surface area contributed by atoms with Crippen molar-refractivity contribution < 1.29 is 4.52 Å². The molecular weight excluding hydrogens is 306 g/mol. The van der Waals surface area contributed by atoms with Crippen molar-refractivity contribution in [2.75, 3.05) is 6.54 Å². The molecule has 1 fully saturated rings. The van der Waals surface area contributed by atoms with Crippen LogP contribution in [0.4, 0.5) is 0 Å². The quantitative estimate of drug-likeness (QED) is 0.711. The maximum atomic E-state index is 5.50. The molecule has 5 heteroatoms. The average molecular weight is 325 g/mol. The standard InChI is InChI=1S/C18H19N3OS/c1-13-6-2-3-7-14(13)18-19-17(22-20-18)12-21-10-4-8-15(21)16-9-5-11-23-16/h2-3,5-7,9,11,15H,4,8,10,12H2,1H3/t15-/m0/s1. The third-order valence-electron chi connectivity index (χ3n) is 4.43. The van der Waals surface area contributed by atoms with Gasteiger partial charge >= 0.3 is 0 Å². The van der Waals surface area contributed by atoms with Gasteiger partial charge in [-0.3, -0.25) is 4.90 Å². The summed E-state index contributed by atoms with van der Waals surface area (Å²) >= 11 is 1.83. The zero-order valence-electron chi connectivity index (χ0n) is 13.1. The molecule has 0 aliphatic carbocycles. The fraction of sp³-hybridized carbons (Fsp3) is 0.333. The summed E-state index contributed by atoms with van der Waals surface area (Å²) < 4.78 is 5.50. The van der Waals surface area contributed by atoms with E-state index in [1.807, 2.05) is 29.5 Å². The van der Waals surface area contributed by atoms with E-state index < -0.39 is 0 Å². The molecule has 0 radical (unpaired) electrons. The molecule has 1 aromatic carbocycles. The van der Waals surface area contributed by atoms with E-state index in [2.05, 4.69) is 45.5 Å². The van der Waals surface area contributed by atoms with Gasteiger partial charge in [-0.2, -0.15) is 4.98 Å². The van der Waals surface area contributed by atoms with Crippen LogP contribution in [-0.4, -0.2) is 21.6 Å². The molecule has 4 rings (SSSR count). The minimum atomic E-state index is 0.490. The van der Waals surface area contributed by atoms with Crippen LogP contribution in [-0.2, 0) is 6.54 Å². The molecule has 1 saturated heterocycles. The van der Waals surface area contributed by atoms with Gasteiger partial charge in [-0.1, -0.05) is 35.5 Å². The zero-order valence-corrected chi connectivity index (χ0v) is 13.9. The monoisotopic (exact) mass is 325 g/mol. The maximum absolute atomic E-state index is 5.50. The molecule has 1 aliphatic rings. The molecule has 3 heterocycles. The van der Waals surface area contributed by atoms with Gasteiger partial charge in [0.15, 0.2) is 0 Å². The number of hydrogen-bond donors (Lipinski definition) is 0. The Labute approximate surface area is 139 Å². The van der Waals surface area contributed by atoms with Crippen LogP contribution in [0, 0.1) is 6.92 Å². The van der Waals surface area contributed by atoms with Gasteiger partial charge in [0.1, 0.15) is 0 Å². The van der Waals surface area contributed by atoms with Crippen LogP contribution >= 0.6 is 11.3 Å². The highest BCUT2D eigenvalue weighted by atomic mass is 32.1. The van der Waals surface area contributed by atoms with Crippen molar-refractivity contribution in [2.45, 2.75) is 32.4 Å². The van der Waals surface area contributed by atoms with Crippen molar-refractivity contribution in [3.8, 4) is 11.4 Å². The summed E-state index contributed by atoms with van der Waals surface area (Å²) in [6.07, 6.45) is 2.43. The number of benzene rings is 1. The topological polar surface area (TPSA) is 42.2 Å². The zero-order chi connectivity index (χ0) is 15.6. The van der Waals surface area contributed by atoms with Crippen LogP contribution in [0.1, 0.15) is 35.2 Å². The predicted octanol–water partition coefficient (Wildman–Crippen LogP) is 4.44. The van der Waals surface area contributed by atoms with Crippen LogP contribution in [0.5, 0.6) is 0 Å². The lowest BCUT2D eigenvalue weighted by Crippen LogP contribution is -2.22. The second-order valence-corrected chi connectivity index (χ2v) is 6.95. The molecule has 0 unspecified atom stereocenters. The third-order valence-corrected chi connectivity index (χ3v) is 5.40. The van der Waals surface area contributed by atoms with Gasteiger partial charge in [0.2, 0.25) is 11.7 Å². The van der Waals surface area contributed by atoms with Crippen molar-refractivity contribution >= 4 is 11.3 Å². The molecule has 3 aromatic rings. The first-order chi connectivity index (χ1) is 11.3. The summed E-state index contributed by atoms with van der Waals surface area (Å²) in [6.45, 7) is 3.88. The summed E-state index contributed by atoms with van der Waals surface area (Å²) in [7, 11) is 0. The third kappa shape index (κ3) is 2.94. The van der Waals surface area contributed by atoms with Crippen molar-refractivity contribution in [1.82, 2.24) is 15.0 Å². The molecule has 1 atom stereocenters. The second-order valence-electron chi connectivity index (χ2n) is 5.97. The Hall–Kier alpha value is -1.98. The molecule has 0 bridgehead atoms. The van der Waals surface area contributed by atoms with E-state index in [1.165, 1.54) is 17.7 Å². The van der Waals surface area contributed by atoms with Crippen molar-refractivity contribution in [3.05, 3.63) is 58.1 Å². The van der Waals surface area contributed by atoms with Gasteiger partial charge in [0.05, 0.1) is 6.54 Å². The van der Waals surface area contributed by atoms with Crippen LogP contribution < -0.4 is 0 Å². The fourth-order valence-electron chi connectivity index (χ4n) is 3.24. The minimum Gasteiger partial charge on any atom is -0.338 e. The Bertz CT molecular complexity index is 781. The Balaban J connectivity index is 1.53. The van der Waals surface area contributed by atoms with E-state index in [9.17, 15) is 0 Å².